The monoisotopic (exact) mass is 321 g/mol. The topological polar surface area (TPSA) is 66.9 Å². The van der Waals surface area contributed by atoms with E-state index in [9.17, 15) is 4.79 Å². The van der Waals surface area contributed by atoms with E-state index in [1.807, 2.05) is 5.38 Å². The molecule has 1 aliphatic heterocycles. The highest BCUT2D eigenvalue weighted by Gasteiger charge is 2.22. The highest BCUT2D eigenvalue weighted by atomic mass is 32.1. The number of thiazole rings is 1. The Bertz CT molecular complexity index is 694. The maximum atomic E-state index is 12.0. The molecule has 1 aliphatic rings. The van der Waals surface area contributed by atoms with Crippen LogP contribution in [0.5, 0.6) is 0 Å². The first kappa shape index (κ1) is 15.6. The van der Waals surface area contributed by atoms with Crippen LogP contribution in [-0.2, 0) is 6.54 Å². The second kappa shape index (κ2) is 6.08. The van der Waals surface area contributed by atoms with Gasteiger partial charge in [-0.1, -0.05) is 0 Å². The molecule has 2 aromatic heterocycles. The lowest BCUT2D eigenvalue weighted by molar-refractivity contribution is 0.111. The molecule has 0 atom stereocenters. The number of fused-ring (bicyclic) bond motifs is 1. The summed E-state index contributed by atoms with van der Waals surface area (Å²) in [4.78, 5) is 22.1. The molecule has 3 heterocycles. The van der Waals surface area contributed by atoms with Crippen LogP contribution in [0.3, 0.4) is 0 Å². The number of hydrogen-bond donors (Lipinski definition) is 1. The quantitative estimate of drug-likeness (QED) is 0.894. The zero-order chi connectivity index (χ0) is 15.7. The van der Waals surface area contributed by atoms with Crippen LogP contribution in [0.15, 0.2) is 22.4 Å². The first-order valence-corrected chi connectivity index (χ1v) is 8.48. The Morgan fingerprint density at radius 2 is 1.95 bits per heavy atom. The Hall–Kier alpha value is -1.28. The molecule has 1 fully saturated rings. The first-order chi connectivity index (χ1) is 10.4. The molecule has 2 aromatic rings. The summed E-state index contributed by atoms with van der Waals surface area (Å²) in [6, 6.07) is 1.65. The Balaban J connectivity index is 1.61. The fourth-order valence-corrected chi connectivity index (χ4v) is 3.62. The third-order valence-corrected chi connectivity index (χ3v) is 4.59. The fraction of sp³-hybridized carbons (Fsp3) is 0.600. The van der Waals surface area contributed by atoms with Gasteiger partial charge in [0.2, 0.25) is 0 Å². The van der Waals surface area contributed by atoms with Crippen molar-refractivity contribution in [2.24, 2.45) is 5.73 Å². The summed E-state index contributed by atoms with van der Waals surface area (Å²) in [5.74, 6) is 0. The van der Waals surface area contributed by atoms with Gasteiger partial charge in [0.05, 0.1) is 5.69 Å². The predicted molar refractivity (Wildman–Crippen MR) is 89.3 cm³/mol. The van der Waals surface area contributed by atoms with Crippen LogP contribution >= 0.6 is 11.3 Å². The van der Waals surface area contributed by atoms with Crippen LogP contribution in [0, 0.1) is 0 Å². The maximum Gasteiger partial charge on any atom is 0.258 e. The van der Waals surface area contributed by atoms with Crippen LogP contribution in [0.25, 0.3) is 4.96 Å². The van der Waals surface area contributed by atoms with Crippen LogP contribution in [0.2, 0.25) is 0 Å². The van der Waals surface area contributed by atoms with Gasteiger partial charge in [0.1, 0.15) is 0 Å². The highest BCUT2D eigenvalue weighted by Crippen LogP contribution is 2.11. The minimum absolute atomic E-state index is 0.00441. The smallest absolute Gasteiger partial charge is 0.258 e. The Morgan fingerprint density at radius 1 is 1.27 bits per heavy atom. The van der Waals surface area contributed by atoms with E-state index >= 15 is 0 Å². The summed E-state index contributed by atoms with van der Waals surface area (Å²) in [7, 11) is 0. The molecule has 3 rings (SSSR count). The van der Waals surface area contributed by atoms with E-state index in [1.54, 1.807) is 16.7 Å². The maximum absolute atomic E-state index is 12.0. The van der Waals surface area contributed by atoms with Gasteiger partial charge in [-0.15, -0.1) is 11.3 Å². The third-order valence-electron chi connectivity index (χ3n) is 3.84. The van der Waals surface area contributed by atoms with Gasteiger partial charge in [-0.2, -0.15) is 0 Å². The molecule has 0 amide bonds. The van der Waals surface area contributed by atoms with E-state index in [0.717, 1.165) is 49.9 Å². The number of hydrogen-bond acceptors (Lipinski definition) is 6. The lowest BCUT2D eigenvalue weighted by Crippen LogP contribution is -2.52. The molecule has 2 N–H and O–H groups in total. The van der Waals surface area contributed by atoms with Crippen molar-refractivity contribution in [3.05, 3.63) is 33.7 Å². The second-order valence-corrected chi connectivity index (χ2v) is 7.56. The standard InChI is InChI=1S/C15H23N5OS/c1-15(2,16)11-19-5-3-18(4-6-19)10-12-9-13(21)20-7-8-22-14(20)17-12/h7-9H,3-6,10-11,16H2,1-2H3. The van der Waals surface area contributed by atoms with E-state index in [1.165, 1.54) is 11.3 Å². The van der Waals surface area contributed by atoms with Crippen LogP contribution < -0.4 is 11.3 Å². The normalized spacial score (nSPS) is 18.1. The largest absolute Gasteiger partial charge is 0.324 e. The average Bonchev–Trinajstić information content (AvgIpc) is 2.88. The zero-order valence-corrected chi connectivity index (χ0v) is 14.0. The number of nitrogens with zero attached hydrogens (tertiary/aromatic N) is 4. The lowest BCUT2D eigenvalue weighted by Gasteiger charge is -2.37. The molecule has 120 valence electrons. The Labute approximate surface area is 134 Å². The van der Waals surface area contributed by atoms with Gasteiger partial charge < -0.3 is 5.73 Å². The zero-order valence-electron chi connectivity index (χ0n) is 13.2. The van der Waals surface area contributed by atoms with Crippen molar-refractivity contribution >= 4 is 16.3 Å². The highest BCUT2D eigenvalue weighted by molar-refractivity contribution is 7.15. The van der Waals surface area contributed by atoms with Crippen LogP contribution in [0.4, 0.5) is 0 Å². The molecule has 0 radical (unpaired) electrons. The molecule has 7 heteroatoms. The van der Waals surface area contributed by atoms with E-state index in [0.29, 0.717) is 0 Å². The summed E-state index contributed by atoms with van der Waals surface area (Å²) in [6.07, 6.45) is 1.77. The molecule has 1 saturated heterocycles. The molecular weight excluding hydrogens is 298 g/mol. The summed E-state index contributed by atoms with van der Waals surface area (Å²) in [6.45, 7) is 9.79. The first-order valence-electron chi connectivity index (χ1n) is 7.60. The minimum Gasteiger partial charge on any atom is -0.324 e. The van der Waals surface area contributed by atoms with Gasteiger partial charge >= 0.3 is 0 Å². The number of rotatable bonds is 4. The Kier molecular flexibility index (Phi) is 4.31. The minimum atomic E-state index is -0.150. The van der Waals surface area contributed by atoms with Gasteiger partial charge in [0, 0.05) is 62.5 Å². The van der Waals surface area contributed by atoms with E-state index in [-0.39, 0.29) is 11.1 Å². The number of aromatic nitrogens is 2. The van der Waals surface area contributed by atoms with Gasteiger partial charge in [-0.3, -0.25) is 19.0 Å². The van der Waals surface area contributed by atoms with Gasteiger partial charge in [0.15, 0.2) is 4.96 Å². The average molecular weight is 321 g/mol. The molecule has 0 unspecified atom stereocenters. The second-order valence-electron chi connectivity index (χ2n) is 6.68. The molecule has 0 saturated carbocycles. The summed E-state index contributed by atoms with van der Waals surface area (Å²) in [5, 5.41) is 1.89. The van der Waals surface area contributed by atoms with E-state index in [4.69, 9.17) is 5.73 Å². The fourth-order valence-electron chi connectivity index (χ4n) is 2.88. The SMILES string of the molecule is CC(C)(N)CN1CCN(Cc2cc(=O)n3ccsc3n2)CC1. The molecular formula is C15H23N5OS. The lowest BCUT2D eigenvalue weighted by atomic mass is 10.1. The number of nitrogens with two attached hydrogens (primary N) is 1. The van der Waals surface area contributed by atoms with Gasteiger partial charge in [-0.25, -0.2) is 4.98 Å². The van der Waals surface area contributed by atoms with Crippen molar-refractivity contribution in [1.82, 2.24) is 19.2 Å². The van der Waals surface area contributed by atoms with Crippen molar-refractivity contribution in [1.29, 1.82) is 0 Å². The third kappa shape index (κ3) is 3.73. The van der Waals surface area contributed by atoms with Gasteiger partial charge in [-0.05, 0) is 13.8 Å². The number of piperazine rings is 1. The van der Waals surface area contributed by atoms with Crippen molar-refractivity contribution in [3.63, 3.8) is 0 Å². The van der Waals surface area contributed by atoms with Crippen LogP contribution in [-0.4, -0.2) is 57.4 Å². The van der Waals surface area contributed by atoms with Gasteiger partial charge in [0.25, 0.3) is 5.56 Å². The van der Waals surface area contributed by atoms with E-state index in [2.05, 4.69) is 28.6 Å². The molecule has 0 bridgehead atoms. The van der Waals surface area contributed by atoms with Crippen molar-refractivity contribution in [2.75, 3.05) is 32.7 Å². The predicted octanol–water partition coefficient (Wildman–Crippen LogP) is 0.611. The Morgan fingerprint density at radius 3 is 2.64 bits per heavy atom. The van der Waals surface area contributed by atoms with E-state index < -0.39 is 0 Å². The molecule has 22 heavy (non-hydrogen) atoms. The van der Waals surface area contributed by atoms with Crippen molar-refractivity contribution in [2.45, 2.75) is 25.9 Å². The summed E-state index contributed by atoms with van der Waals surface area (Å²) < 4.78 is 1.59. The molecule has 0 aliphatic carbocycles. The molecule has 6 nitrogen and oxygen atoms in total. The molecule has 0 spiro atoms. The van der Waals surface area contributed by atoms with Crippen molar-refractivity contribution in [3.8, 4) is 0 Å². The summed E-state index contributed by atoms with van der Waals surface area (Å²) >= 11 is 1.50. The molecule has 0 aromatic carbocycles. The summed E-state index contributed by atoms with van der Waals surface area (Å²) in [5.41, 5.74) is 6.80. The van der Waals surface area contributed by atoms with Crippen LogP contribution in [0.1, 0.15) is 19.5 Å². The van der Waals surface area contributed by atoms with Crippen molar-refractivity contribution < 1.29 is 0 Å².